The third-order valence-electron chi connectivity index (χ3n) is 4.52. The second-order valence-electron chi connectivity index (χ2n) is 6.36. The molecule has 6 heteroatoms. The summed E-state index contributed by atoms with van der Waals surface area (Å²) in [5.41, 5.74) is 1.57. The van der Waals surface area contributed by atoms with Gasteiger partial charge in [0, 0.05) is 28.2 Å². The Balaban J connectivity index is 1.68. The van der Waals surface area contributed by atoms with Crippen LogP contribution in [0.1, 0.15) is 28.8 Å². The van der Waals surface area contributed by atoms with Crippen molar-refractivity contribution in [2.75, 3.05) is 11.9 Å². The minimum Gasteiger partial charge on any atom is -0.351 e. The summed E-state index contributed by atoms with van der Waals surface area (Å²) in [6, 6.07) is 11.0. The van der Waals surface area contributed by atoms with Crippen LogP contribution in [0.4, 0.5) is 10.1 Å². The van der Waals surface area contributed by atoms with Gasteiger partial charge in [-0.1, -0.05) is 30.3 Å². The standard InChI is InChI=1S/C20H18ClFN2O2/c1-2-18(25)24-15-5-3-4-13(10-15)19(26)23-12-20(8-9-20)16-7-6-14(22)11-17(16)21/h2-7,10-11H,1,8-9,12H2,(H,23,26)(H,24,25). The van der Waals surface area contributed by atoms with Gasteiger partial charge >= 0.3 is 0 Å². The molecule has 0 bridgehead atoms. The Morgan fingerprint density at radius 1 is 1.23 bits per heavy atom. The van der Waals surface area contributed by atoms with Crippen LogP contribution in [0.15, 0.2) is 55.1 Å². The Labute approximate surface area is 156 Å². The smallest absolute Gasteiger partial charge is 0.251 e. The van der Waals surface area contributed by atoms with E-state index in [4.69, 9.17) is 11.6 Å². The van der Waals surface area contributed by atoms with E-state index in [-0.39, 0.29) is 23.0 Å². The van der Waals surface area contributed by atoms with Crippen molar-refractivity contribution < 1.29 is 14.0 Å². The molecule has 0 saturated heterocycles. The zero-order chi connectivity index (χ0) is 18.7. The van der Waals surface area contributed by atoms with E-state index >= 15 is 0 Å². The first-order valence-electron chi connectivity index (χ1n) is 8.21. The molecule has 0 radical (unpaired) electrons. The van der Waals surface area contributed by atoms with Crippen LogP contribution in [0.5, 0.6) is 0 Å². The Morgan fingerprint density at radius 3 is 2.65 bits per heavy atom. The molecule has 4 nitrogen and oxygen atoms in total. The van der Waals surface area contributed by atoms with Gasteiger partial charge in [-0.3, -0.25) is 9.59 Å². The molecule has 0 aliphatic heterocycles. The molecule has 2 aromatic rings. The fraction of sp³-hybridized carbons (Fsp3) is 0.200. The fourth-order valence-electron chi connectivity index (χ4n) is 2.89. The van der Waals surface area contributed by atoms with E-state index in [1.165, 1.54) is 12.1 Å². The molecule has 2 N–H and O–H groups in total. The van der Waals surface area contributed by atoms with Gasteiger partial charge in [-0.15, -0.1) is 0 Å². The van der Waals surface area contributed by atoms with Crippen molar-refractivity contribution in [2.24, 2.45) is 0 Å². The summed E-state index contributed by atoms with van der Waals surface area (Å²) >= 11 is 6.17. The van der Waals surface area contributed by atoms with Gasteiger partial charge in [-0.2, -0.15) is 0 Å². The second kappa shape index (κ2) is 7.30. The number of amides is 2. The molecule has 0 heterocycles. The van der Waals surface area contributed by atoms with E-state index in [1.54, 1.807) is 30.3 Å². The minimum atomic E-state index is -0.378. The van der Waals surface area contributed by atoms with Crippen LogP contribution < -0.4 is 10.6 Å². The molecule has 0 unspecified atom stereocenters. The normalized spacial score (nSPS) is 14.4. The first-order chi connectivity index (χ1) is 12.4. The predicted octanol–water partition coefficient (Wildman–Crippen LogP) is 4.07. The average Bonchev–Trinajstić information content (AvgIpc) is 3.40. The number of carbonyl (C=O) groups excluding carboxylic acids is 2. The SMILES string of the molecule is C=CC(=O)Nc1cccc(C(=O)NCC2(c3ccc(F)cc3Cl)CC2)c1. The van der Waals surface area contributed by atoms with E-state index in [1.807, 2.05) is 0 Å². The lowest BCUT2D eigenvalue weighted by molar-refractivity contribution is -0.111. The lowest BCUT2D eigenvalue weighted by Crippen LogP contribution is -2.32. The summed E-state index contributed by atoms with van der Waals surface area (Å²) in [7, 11) is 0. The highest BCUT2D eigenvalue weighted by molar-refractivity contribution is 6.31. The van der Waals surface area contributed by atoms with Crippen molar-refractivity contribution in [3.05, 3.63) is 77.1 Å². The number of anilines is 1. The van der Waals surface area contributed by atoms with Crippen LogP contribution in [-0.4, -0.2) is 18.4 Å². The van der Waals surface area contributed by atoms with E-state index in [9.17, 15) is 14.0 Å². The monoisotopic (exact) mass is 372 g/mol. The molecule has 0 spiro atoms. The highest BCUT2D eigenvalue weighted by atomic mass is 35.5. The van der Waals surface area contributed by atoms with Gasteiger partial charge in [0.1, 0.15) is 5.82 Å². The molecule has 2 amide bonds. The highest BCUT2D eigenvalue weighted by Gasteiger charge is 2.45. The van der Waals surface area contributed by atoms with Crippen LogP contribution in [-0.2, 0) is 10.2 Å². The van der Waals surface area contributed by atoms with Gasteiger partial charge in [-0.25, -0.2) is 4.39 Å². The molecule has 1 aliphatic rings. The fourth-order valence-corrected chi connectivity index (χ4v) is 3.26. The molecule has 1 aliphatic carbocycles. The number of rotatable bonds is 6. The quantitative estimate of drug-likeness (QED) is 0.751. The van der Waals surface area contributed by atoms with Crippen molar-refractivity contribution in [1.29, 1.82) is 0 Å². The van der Waals surface area contributed by atoms with Crippen molar-refractivity contribution in [1.82, 2.24) is 5.32 Å². The summed E-state index contributed by atoms with van der Waals surface area (Å²) in [5.74, 6) is -0.966. The first-order valence-corrected chi connectivity index (χ1v) is 8.58. The summed E-state index contributed by atoms with van der Waals surface area (Å²) < 4.78 is 13.3. The van der Waals surface area contributed by atoms with Crippen LogP contribution >= 0.6 is 11.6 Å². The molecular formula is C20H18ClFN2O2. The largest absolute Gasteiger partial charge is 0.351 e. The lowest BCUT2D eigenvalue weighted by atomic mass is 9.95. The van der Waals surface area contributed by atoms with E-state index < -0.39 is 0 Å². The van der Waals surface area contributed by atoms with E-state index in [0.29, 0.717) is 22.8 Å². The van der Waals surface area contributed by atoms with Crippen molar-refractivity contribution in [3.8, 4) is 0 Å². The van der Waals surface area contributed by atoms with Crippen molar-refractivity contribution >= 4 is 29.1 Å². The van der Waals surface area contributed by atoms with Gasteiger partial charge in [0.15, 0.2) is 0 Å². The van der Waals surface area contributed by atoms with Crippen LogP contribution in [0.3, 0.4) is 0 Å². The maximum absolute atomic E-state index is 13.3. The Morgan fingerprint density at radius 2 is 2.00 bits per heavy atom. The molecule has 0 atom stereocenters. The lowest BCUT2D eigenvalue weighted by Gasteiger charge is -2.18. The van der Waals surface area contributed by atoms with Crippen molar-refractivity contribution in [3.63, 3.8) is 0 Å². The summed E-state index contributed by atoms with van der Waals surface area (Å²) in [5, 5.41) is 5.91. The molecule has 1 saturated carbocycles. The Bertz CT molecular complexity index is 878. The number of hydrogen-bond acceptors (Lipinski definition) is 2. The summed E-state index contributed by atoms with van der Waals surface area (Å²) in [6.07, 6.45) is 2.93. The van der Waals surface area contributed by atoms with E-state index in [2.05, 4.69) is 17.2 Å². The predicted molar refractivity (Wildman–Crippen MR) is 99.9 cm³/mol. The molecule has 1 fully saturated rings. The maximum Gasteiger partial charge on any atom is 0.251 e. The molecule has 3 rings (SSSR count). The maximum atomic E-state index is 13.3. The number of benzene rings is 2. The van der Waals surface area contributed by atoms with Crippen LogP contribution in [0.25, 0.3) is 0 Å². The van der Waals surface area contributed by atoms with Crippen molar-refractivity contribution in [2.45, 2.75) is 18.3 Å². The summed E-state index contributed by atoms with van der Waals surface area (Å²) in [6.45, 7) is 3.81. The topological polar surface area (TPSA) is 58.2 Å². The van der Waals surface area contributed by atoms with E-state index in [0.717, 1.165) is 24.5 Å². The second-order valence-corrected chi connectivity index (χ2v) is 6.77. The average molecular weight is 373 g/mol. The van der Waals surface area contributed by atoms with Gasteiger partial charge in [0.25, 0.3) is 5.91 Å². The molecular weight excluding hydrogens is 355 g/mol. The third-order valence-corrected chi connectivity index (χ3v) is 4.83. The number of nitrogens with one attached hydrogen (secondary N) is 2. The number of carbonyl (C=O) groups is 2. The zero-order valence-corrected chi connectivity index (χ0v) is 14.8. The molecule has 2 aromatic carbocycles. The van der Waals surface area contributed by atoms with Crippen LogP contribution in [0.2, 0.25) is 5.02 Å². The van der Waals surface area contributed by atoms with Gasteiger partial charge in [0.05, 0.1) is 0 Å². The minimum absolute atomic E-state index is 0.241. The Hall–Kier alpha value is -2.66. The van der Waals surface area contributed by atoms with Gasteiger partial charge in [0.2, 0.25) is 5.91 Å². The molecule has 134 valence electrons. The highest BCUT2D eigenvalue weighted by Crippen LogP contribution is 2.50. The zero-order valence-electron chi connectivity index (χ0n) is 14.0. The summed E-state index contributed by atoms with van der Waals surface area (Å²) in [4.78, 5) is 23.8. The number of halogens is 2. The molecule has 26 heavy (non-hydrogen) atoms. The van der Waals surface area contributed by atoms with Crippen LogP contribution in [0, 0.1) is 5.82 Å². The third kappa shape index (κ3) is 3.94. The Kier molecular flexibility index (Phi) is 5.09. The molecule has 0 aromatic heterocycles. The number of hydrogen-bond donors (Lipinski definition) is 2. The van der Waals surface area contributed by atoms with Gasteiger partial charge in [-0.05, 0) is 54.8 Å². The van der Waals surface area contributed by atoms with Gasteiger partial charge < -0.3 is 10.6 Å². The first kappa shape index (κ1) is 18.1.